The summed E-state index contributed by atoms with van der Waals surface area (Å²) in [5.74, 6) is 0. The second-order valence-corrected chi connectivity index (χ2v) is 15.8. The van der Waals surface area contributed by atoms with E-state index in [1.807, 2.05) is 61.0 Å². The van der Waals surface area contributed by atoms with Gasteiger partial charge in [0.05, 0.1) is 11.4 Å². The molecule has 0 atom stereocenters. The number of rotatable bonds is 8. The molecule has 0 amide bonds. The molecule has 0 saturated carbocycles. The van der Waals surface area contributed by atoms with Crippen LogP contribution in [0.3, 0.4) is 0 Å². The molecule has 9 aromatic rings. The van der Waals surface area contributed by atoms with Gasteiger partial charge in [0.25, 0.3) is 0 Å². The van der Waals surface area contributed by atoms with Gasteiger partial charge in [0, 0.05) is 40.7 Å². The largest absolute Gasteiger partial charge is 0.300 e. The Morgan fingerprint density at radius 1 is 0.525 bits per heavy atom. The highest BCUT2D eigenvalue weighted by Gasteiger charge is 2.37. The van der Waals surface area contributed by atoms with Crippen molar-refractivity contribution in [2.75, 3.05) is 0 Å². The molecule has 1 aliphatic carbocycles. The molecular formula is C56H41N3. The third-order valence-corrected chi connectivity index (χ3v) is 11.9. The molecule has 1 aliphatic rings. The SMILES string of the molecule is CC1(C)c2cccc(-c3ccc(-c4ccc(C=N/C(=C\C(=N)c5ccccc5)c5cccc(-c6cccnc6)c5)c5ccccc45)cc3)c2-c2c1ccc1ccccc21. The molecule has 1 N–H and O–H groups in total. The van der Waals surface area contributed by atoms with E-state index in [4.69, 9.17) is 10.4 Å². The number of hydrogen-bond acceptors (Lipinski definition) is 3. The van der Waals surface area contributed by atoms with E-state index in [1.54, 1.807) is 6.20 Å². The predicted molar refractivity (Wildman–Crippen MR) is 248 cm³/mol. The minimum Gasteiger partial charge on any atom is -0.300 e. The van der Waals surface area contributed by atoms with Crippen LogP contribution in [0.5, 0.6) is 0 Å². The van der Waals surface area contributed by atoms with E-state index in [0.717, 1.165) is 44.2 Å². The Morgan fingerprint density at radius 2 is 1.20 bits per heavy atom. The number of pyridine rings is 1. The first-order valence-electron chi connectivity index (χ1n) is 20.1. The third-order valence-electron chi connectivity index (χ3n) is 11.9. The summed E-state index contributed by atoms with van der Waals surface area (Å²) in [6.45, 7) is 4.71. The van der Waals surface area contributed by atoms with Gasteiger partial charge in [0.15, 0.2) is 0 Å². The van der Waals surface area contributed by atoms with Gasteiger partial charge in [0.1, 0.15) is 0 Å². The van der Waals surface area contributed by atoms with Crippen LogP contribution in [0.4, 0.5) is 0 Å². The average molecular weight is 756 g/mol. The highest BCUT2D eigenvalue weighted by atomic mass is 14.7. The molecule has 0 bridgehead atoms. The lowest BCUT2D eigenvalue weighted by Crippen LogP contribution is -2.14. The smallest absolute Gasteiger partial charge is 0.0723 e. The Balaban J connectivity index is 1.02. The van der Waals surface area contributed by atoms with Crippen LogP contribution in [0.1, 0.15) is 41.7 Å². The van der Waals surface area contributed by atoms with E-state index in [2.05, 4.69) is 158 Å². The molecule has 0 saturated heterocycles. The van der Waals surface area contributed by atoms with Crippen LogP contribution in [0.15, 0.2) is 205 Å². The van der Waals surface area contributed by atoms with Crippen molar-refractivity contribution < 1.29 is 0 Å². The van der Waals surface area contributed by atoms with Gasteiger partial charge >= 0.3 is 0 Å². The fourth-order valence-electron chi connectivity index (χ4n) is 8.87. The minimum atomic E-state index is -0.0846. The lowest BCUT2D eigenvalue weighted by atomic mass is 9.81. The number of fused-ring (bicyclic) bond motifs is 6. The molecular weight excluding hydrogens is 715 g/mol. The number of aliphatic imine (C=N–C) groups is 1. The van der Waals surface area contributed by atoms with Gasteiger partial charge in [-0.25, -0.2) is 0 Å². The van der Waals surface area contributed by atoms with Crippen molar-refractivity contribution >= 4 is 39.2 Å². The number of aromatic nitrogens is 1. The summed E-state index contributed by atoms with van der Waals surface area (Å²) in [5.41, 5.74) is 16.2. The van der Waals surface area contributed by atoms with Crippen LogP contribution in [0, 0.1) is 5.41 Å². The van der Waals surface area contributed by atoms with E-state index in [9.17, 15) is 0 Å². The van der Waals surface area contributed by atoms with Gasteiger partial charge in [-0.2, -0.15) is 0 Å². The van der Waals surface area contributed by atoms with Crippen LogP contribution in [0.2, 0.25) is 0 Å². The number of nitrogens with zero attached hydrogens (tertiary/aromatic N) is 2. The van der Waals surface area contributed by atoms with E-state index >= 15 is 0 Å². The Kier molecular flexibility index (Phi) is 8.99. The van der Waals surface area contributed by atoms with Crippen LogP contribution in [-0.2, 0) is 5.41 Å². The Bertz CT molecular complexity index is 3120. The number of benzene rings is 8. The van der Waals surface area contributed by atoms with Gasteiger partial charge in [-0.05, 0) is 95.4 Å². The first-order chi connectivity index (χ1) is 28.9. The van der Waals surface area contributed by atoms with E-state index in [1.165, 1.54) is 49.7 Å². The maximum Gasteiger partial charge on any atom is 0.0723 e. The molecule has 10 rings (SSSR count). The lowest BCUT2D eigenvalue weighted by Gasteiger charge is -2.21. The van der Waals surface area contributed by atoms with Crippen LogP contribution in [-0.4, -0.2) is 16.9 Å². The maximum absolute atomic E-state index is 8.99. The van der Waals surface area contributed by atoms with Crippen molar-refractivity contribution in [2.45, 2.75) is 19.3 Å². The summed E-state index contributed by atoms with van der Waals surface area (Å²) in [6.07, 6.45) is 7.45. The van der Waals surface area contributed by atoms with Crippen molar-refractivity contribution in [3.05, 3.63) is 228 Å². The highest BCUT2D eigenvalue weighted by Crippen LogP contribution is 2.54. The third kappa shape index (κ3) is 6.47. The summed E-state index contributed by atoms with van der Waals surface area (Å²) in [6, 6.07) is 64.3. The Morgan fingerprint density at radius 3 is 2.00 bits per heavy atom. The molecule has 0 radical (unpaired) electrons. The Labute approximate surface area is 345 Å². The van der Waals surface area contributed by atoms with Crippen molar-refractivity contribution in [3.8, 4) is 44.5 Å². The molecule has 59 heavy (non-hydrogen) atoms. The lowest BCUT2D eigenvalue weighted by molar-refractivity contribution is 0.661. The molecule has 0 spiro atoms. The van der Waals surface area contributed by atoms with Crippen LogP contribution >= 0.6 is 0 Å². The van der Waals surface area contributed by atoms with Crippen molar-refractivity contribution in [3.63, 3.8) is 0 Å². The van der Waals surface area contributed by atoms with Gasteiger partial charge in [-0.1, -0.05) is 184 Å². The zero-order valence-corrected chi connectivity index (χ0v) is 33.0. The van der Waals surface area contributed by atoms with Crippen molar-refractivity contribution in [1.29, 1.82) is 5.41 Å². The zero-order valence-electron chi connectivity index (χ0n) is 33.0. The average Bonchev–Trinajstić information content (AvgIpc) is 3.54. The number of allylic oxidation sites excluding steroid dienone is 1. The predicted octanol–water partition coefficient (Wildman–Crippen LogP) is 14.2. The van der Waals surface area contributed by atoms with Crippen LogP contribution < -0.4 is 0 Å². The summed E-state index contributed by atoms with van der Waals surface area (Å²) in [7, 11) is 0. The fourth-order valence-corrected chi connectivity index (χ4v) is 8.87. The molecule has 0 unspecified atom stereocenters. The summed E-state index contributed by atoms with van der Waals surface area (Å²) >= 11 is 0. The standard InChI is InChI=1S/C56H41N3/c1-56(2)50-23-11-22-48(54(50)55-47-20-7-6-13-37(47)29-31-51(55)56)39-26-24-38(25-27-39)46-30-28-44(45-19-8-9-21-49(45)46)36-59-53(34-52(57)40-14-4-3-5-15-40)42-17-10-16-41(33-42)43-18-12-32-58-35-43/h3-36,57H,1-2H3/b53-34-,57-52?,59-36?. The van der Waals surface area contributed by atoms with Gasteiger partial charge in [-0.15, -0.1) is 0 Å². The molecule has 1 aromatic heterocycles. The van der Waals surface area contributed by atoms with Gasteiger partial charge in [0.2, 0.25) is 0 Å². The summed E-state index contributed by atoms with van der Waals surface area (Å²) in [5, 5.41) is 13.9. The van der Waals surface area contributed by atoms with Crippen LogP contribution in [0.25, 0.3) is 71.7 Å². The Hall–Kier alpha value is -7.49. The minimum absolute atomic E-state index is 0.0846. The highest BCUT2D eigenvalue weighted by molar-refractivity contribution is 6.12. The molecule has 8 aromatic carbocycles. The monoisotopic (exact) mass is 755 g/mol. The van der Waals surface area contributed by atoms with Crippen molar-refractivity contribution in [2.24, 2.45) is 4.99 Å². The second-order valence-electron chi connectivity index (χ2n) is 15.8. The van der Waals surface area contributed by atoms with Crippen molar-refractivity contribution in [1.82, 2.24) is 4.98 Å². The van der Waals surface area contributed by atoms with E-state index in [-0.39, 0.29) is 5.41 Å². The van der Waals surface area contributed by atoms with E-state index < -0.39 is 0 Å². The topological polar surface area (TPSA) is 49.1 Å². The maximum atomic E-state index is 8.99. The number of hydrogen-bond donors (Lipinski definition) is 1. The normalized spacial score (nSPS) is 13.2. The molecule has 280 valence electrons. The van der Waals surface area contributed by atoms with Gasteiger partial charge in [-0.3, -0.25) is 9.98 Å². The van der Waals surface area contributed by atoms with E-state index in [0.29, 0.717) is 11.4 Å². The second kappa shape index (κ2) is 14.8. The quantitative estimate of drug-likeness (QED) is 0.154. The fraction of sp³-hybridized carbons (Fsp3) is 0.0536. The zero-order chi connectivity index (χ0) is 39.9. The first-order valence-corrected chi connectivity index (χ1v) is 20.1. The molecule has 0 fully saturated rings. The summed E-state index contributed by atoms with van der Waals surface area (Å²) in [4.78, 5) is 9.45. The summed E-state index contributed by atoms with van der Waals surface area (Å²) < 4.78 is 0. The molecule has 0 aliphatic heterocycles. The number of nitrogens with one attached hydrogen (secondary N) is 1. The molecule has 3 nitrogen and oxygen atoms in total. The molecule has 1 heterocycles. The first kappa shape index (κ1) is 35.9. The van der Waals surface area contributed by atoms with Gasteiger partial charge < -0.3 is 5.41 Å². The molecule has 3 heteroatoms.